The molecule has 2 unspecified atom stereocenters. The fourth-order valence-electron chi connectivity index (χ4n) is 2.84. The molecular weight excluding hydrogens is 362 g/mol. The molecule has 1 amide bonds. The molecule has 0 saturated heterocycles. The third-order valence-electron chi connectivity index (χ3n) is 5.23. The van der Waals surface area contributed by atoms with Crippen molar-refractivity contribution in [2.24, 2.45) is 34.2 Å². The van der Waals surface area contributed by atoms with Gasteiger partial charge < -0.3 is 11.5 Å². The van der Waals surface area contributed by atoms with Crippen molar-refractivity contribution in [3.05, 3.63) is 47.2 Å². The van der Waals surface area contributed by atoms with Crippen molar-refractivity contribution < 1.29 is 9.59 Å². The number of Topliss-reactive ketones (excluding diaryl/α,β-unsaturated/α-hetero) is 1. The van der Waals surface area contributed by atoms with Crippen molar-refractivity contribution in [2.75, 3.05) is 0 Å². The summed E-state index contributed by atoms with van der Waals surface area (Å²) >= 11 is 0. The van der Waals surface area contributed by atoms with Gasteiger partial charge in [-0.15, -0.1) is 0 Å². The number of aryl methyl sites for hydroxylation is 2. The molecule has 4 N–H and O–H groups in total. The monoisotopic (exact) mass is 399 g/mol. The molecule has 2 atom stereocenters. The molecule has 0 bridgehead atoms. The Kier molecular flexibility index (Phi) is 10.4. The second-order valence-electron chi connectivity index (χ2n) is 8.04. The van der Waals surface area contributed by atoms with Gasteiger partial charge in [-0.3, -0.25) is 9.59 Å². The third-order valence-corrected chi connectivity index (χ3v) is 5.23. The summed E-state index contributed by atoms with van der Waals surface area (Å²) in [4.78, 5) is 27.9. The van der Waals surface area contributed by atoms with Crippen LogP contribution in [0.25, 0.3) is 0 Å². The number of carbonyl (C=O) groups is 2. The summed E-state index contributed by atoms with van der Waals surface area (Å²) in [6.07, 6.45) is 5.33. The predicted octanol–water partition coefficient (Wildman–Crippen LogP) is 4.46. The van der Waals surface area contributed by atoms with Crippen LogP contribution in [0.1, 0.15) is 64.0 Å². The van der Waals surface area contributed by atoms with Gasteiger partial charge in [-0.2, -0.15) is 4.99 Å². The lowest BCUT2D eigenvalue weighted by molar-refractivity contribution is -0.129. The first kappa shape index (κ1) is 24.6. The maximum Gasteiger partial charge on any atom is 0.251 e. The molecule has 1 aliphatic rings. The molecule has 1 fully saturated rings. The molecule has 1 aromatic rings. The molecule has 160 valence electrons. The van der Waals surface area contributed by atoms with E-state index in [-0.39, 0.29) is 35.8 Å². The molecule has 1 aliphatic carbocycles. The van der Waals surface area contributed by atoms with Crippen molar-refractivity contribution in [1.29, 1.82) is 0 Å². The average Bonchev–Trinajstić information content (AvgIpc) is 3.50. The highest BCUT2D eigenvalue weighted by Crippen LogP contribution is 2.33. The summed E-state index contributed by atoms with van der Waals surface area (Å²) in [5, 5.41) is 0. The van der Waals surface area contributed by atoms with Crippen LogP contribution in [0.15, 0.2) is 41.0 Å². The van der Waals surface area contributed by atoms with Gasteiger partial charge in [0.25, 0.3) is 5.91 Å². The van der Waals surface area contributed by atoms with Crippen LogP contribution >= 0.6 is 0 Å². The topological polar surface area (TPSA) is 98.5 Å². The number of amidine groups is 1. The van der Waals surface area contributed by atoms with E-state index in [2.05, 4.69) is 43.1 Å². The molecule has 0 heterocycles. The van der Waals surface area contributed by atoms with Gasteiger partial charge in [-0.25, -0.2) is 0 Å². The van der Waals surface area contributed by atoms with Crippen LogP contribution < -0.4 is 11.5 Å². The number of hydrogen-bond donors (Lipinski definition) is 2. The SMILES string of the molecule is CCC(C)C(=O)CC(CC)C(=O)N=C(N)/C=C(\N)C1CC1.Cc1cccc(C)c1. The number of amides is 1. The highest BCUT2D eigenvalue weighted by molar-refractivity contribution is 6.01. The van der Waals surface area contributed by atoms with Gasteiger partial charge >= 0.3 is 0 Å². The van der Waals surface area contributed by atoms with Gasteiger partial charge in [0.05, 0.1) is 0 Å². The third kappa shape index (κ3) is 9.55. The van der Waals surface area contributed by atoms with Crippen molar-refractivity contribution in [3.63, 3.8) is 0 Å². The Balaban J connectivity index is 0.000000436. The first-order valence-electron chi connectivity index (χ1n) is 10.6. The maximum absolute atomic E-state index is 12.1. The second kappa shape index (κ2) is 12.2. The summed E-state index contributed by atoms with van der Waals surface area (Å²) < 4.78 is 0. The molecule has 1 aromatic carbocycles. The quantitative estimate of drug-likeness (QED) is 0.498. The minimum Gasteiger partial charge on any atom is -0.402 e. The van der Waals surface area contributed by atoms with E-state index >= 15 is 0 Å². The average molecular weight is 400 g/mol. The zero-order valence-electron chi connectivity index (χ0n) is 18.6. The lowest BCUT2D eigenvalue weighted by Gasteiger charge is -2.13. The Hall–Kier alpha value is -2.43. The van der Waals surface area contributed by atoms with Gasteiger partial charge in [0.2, 0.25) is 0 Å². The fraction of sp³-hybridized carbons (Fsp3) is 0.542. The first-order chi connectivity index (χ1) is 13.7. The Morgan fingerprint density at radius 2 is 1.72 bits per heavy atom. The van der Waals surface area contributed by atoms with Crippen molar-refractivity contribution in [1.82, 2.24) is 0 Å². The first-order valence-corrected chi connectivity index (χ1v) is 10.6. The lowest BCUT2D eigenvalue weighted by atomic mass is 9.92. The minimum atomic E-state index is -0.388. The molecule has 0 aromatic heterocycles. The van der Waals surface area contributed by atoms with E-state index in [0.717, 1.165) is 19.3 Å². The zero-order chi connectivity index (χ0) is 22.0. The summed E-state index contributed by atoms with van der Waals surface area (Å²) in [5.41, 5.74) is 14.9. The number of allylic oxidation sites excluding steroid dienone is 1. The van der Waals surface area contributed by atoms with Crippen LogP contribution in [0.4, 0.5) is 0 Å². The Morgan fingerprint density at radius 1 is 1.14 bits per heavy atom. The molecule has 0 aliphatic heterocycles. The van der Waals surface area contributed by atoms with Crippen molar-refractivity contribution in [2.45, 2.75) is 66.7 Å². The molecule has 0 radical (unpaired) electrons. The van der Waals surface area contributed by atoms with Crippen LogP contribution in [-0.4, -0.2) is 17.5 Å². The maximum atomic E-state index is 12.1. The van der Waals surface area contributed by atoms with Gasteiger partial charge in [0, 0.05) is 24.0 Å². The molecular formula is C24H37N3O2. The van der Waals surface area contributed by atoms with Crippen molar-refractivity contribution in [3.8, 4) is 0 Å². The number of carbonyl (C=O) groups excluding carboxylic acids is 2. The van der Waals surface area contributed by atoms with Gasteiger partial charge in [0.15, 0.2) is 0 Å². The Labute approximate surface area is 175 Å². The second-order valence-corrected chi connectivity index (χ2v) is 8.04. The van der Waals surface area contributed by atoms with Gasteiger partial charge in [-0.05, 0) is 51.5 Å². The van der Waals surface area contributed by atoms with Crippen LogP contribution in [0.5, 0.6) is 0 Å². The molecule has 1 saturated carbocycles. The van der Waals surface area contributed by atoms with Gasteiger partial charge in [0.1, 0.15) is 11.6 Å². The minimum absolute atomic E-state index is 0.0152. The summed E-state index contributed by atoms with van der Waals surface area (Å²) in [7, 11) is 0. The van der Waals surface area contributed by atoms with E-state index in [1.54, 1.807) is 6.08 Å². The number of hydrogen-bond acceptors (Lipinski definition) is 3. The fourth-order valence-corrected chi connectivity index (χ4v) is 2.84. The highest BCUT2D eigenvalue weighted by atomic mass is 16.2. The van der Waals surface area contributed by atoms with E-state index in [1.165, 1.54) is 11.1 Å². The van der Waals surface area contributed by atoms with Crippen LogP contribution in [0.2, 0.25) is 0 Å². The standard InChI is InChI=1S/C16H27N3O2.C8H10/c1-4-10(3)14(20)8-11(5-2)16(21)19-15(18)9-13(17)12-6-7-12;1-7-4-3-5-8(2)6-7/h9-12H,4-8,17H2,1-3H3,(H2,18,19,21);3-6H,1-2H3/b13-9-;. The predicted molar refractivity (Wildman–Crippen MR) is 120 cm³/mol. The molecule has 5 nitrogen and oxygen atoms in total. The normalized spacial score (nSPS) is 16.4. The Bertz CT molecular complexity index is 731. The van der Waals surface area contributed by atoms with Gasteiger partial charge in [-0.1, -0.05) is 56.2 Å². The zero-order valence-corrected chi connectivity index (χ0v) is 18.6. The smallest absolute Gasteiger partial charge is 0.251 e. The number of ketones is 1. The number of aliphatic imine (C=N–C) groups is 1. The molecule has 5 heteroatoms. The van der Waals surface area contributed by atoms with E-state index in [4.69, 9.17) is 11.5 Å². The lowest BCUT2D eigenvalue weighted by Crippen LogP contribution is -2.23. The summed E-state index contributed by atoms with van der Waals surface area (Å²) in [5.74, 6) is -0.0909. The van der Waals surface area contributed by atoms with Crippen LogP contribution in [0.3, 0.4) is 0 Å². The number of nitrogens with zero attached hydrogens (tertiary/aromatic N) is 1. The Morgan fingerprint density at radius 3 is 2.14 bits per heavy atom. The van der Waals surface area contributed by atoms with E-state index in [1.807, 2.05) is 20.8 Å². The highest BCUT2D eigenvalue weighted by Gasteiger charge is 2.25. The van der Waals surface area contributed by atoms with Crippen LogP contribution in [-0.2, 0) is 9.59 Å². The van der Waals surface area contributed by atoms with Crippen molar-refractivity contribution >= 4 is 17.5 Å². The number of benzene rings is 1. The largest absolute Gasteiger partial charge is 0.402 e. The number of rotatable bonds is 8. The molecule has 0 spiro atoms. The van der Waals surface area contributed by atoms with E-state index in [0.29, 0.717) is 18.0 Å². The molecule has 29 heavy (non-hydrogen) atoms. The number of nitrogens with two attached hydrogens (primary N) is 2. The van der Waals surface area contributed by atoms with Crippen LogP contribution in [0, 0.1) is 31.6 Å². The van der Waals surface area contributed by atoms with E-state index < -0.39 is 0 Å². The molecule has 2 rings (SSSR count). The van der Waals surface area contributed by atoms with E-state index in [9.17, 15) is 9.59 Å². The summed E-state index contributed by atoms with van der Waals surface area (Å²) in [6.45, 7) is 9.94. The summed E-state index contributed by atoms with van der Waals surface area (Å²) in [6, 6.07) is 8.45.